The molecule has 1 aromatic carbocycles. The first kappa shape index (κ1) is 16.3. The van der Waals surface area contributed by atoms with E-state index in [9.17, 15) is 4.79 Å². The van der Waals surface area contributed by atoms with Gasteiger partial charge in [-0.1, -0.05) is 16.8 Å². The second-order valence-electron chi connectivity index (χ2n) is 5.54. The number of carbonyl (C=O) groups excluding carboxylic acids is 1. The van der Waals surface area contributed by atoms with E-state index < -0.39 is 12.1 Å². The van der Waals surface area contributed by atoms with Gasteiger partial charge < -0.3 is 13.7 Å². The molecule has 8 heteroatoms. The fourth-order valence-electron chi connectivity index (χ4n) is 2.40. The molecule has 0 aliphatic heterocycles. The summed E-state index contributed by atoms with van der Waals surface area (Å²) in [7, 11) is 0. The fourth-order valence-corrected chi connectivity index (χ4v) is 2.58. The summed E-state index contributed by atoms with van der Waals surface area (Å²) in [5.41, 5.74) is 1.25. The van der Waals surface area contributed by atoms with Crippen LogP contribution in [0.25, 0.3) is 22.4 Å². The maximum absolute atomic E-state index is 12.3. The molecular formula is C18H12ClN3O4. The number of carbonyl (C=O) groups is 1. The van der Waals surface area contributed by atoms with Gasteiger partial charge in [0, 0.05) is 28.4 Å². The van der Waals surface area contributed by atoms with E-state index in [1.165, 1.54) is 0 Å². The number of benzene rings is 1. The Hall–Kier alpha value is -3.19. The summed E-state index contributed by atoms with van der Waals surface area (Å²) >= 11 is 5.93. The van der Waals surface area contributed by atoms with E-state index in [1.54, 1.807) is 55.7 Å². The number of rotatable bonds is 4. The zero-order chi connectivity index (χ0) is 18.1. The predicted molar refractivity (Wildman–Crippen MR) is 92.6 cm³/mol. The van der Waals surface area contributed by atoms with E-state index in [-0.39, 0.29) is 11.7 Å². The third-order valence-corrected chi connectivity index (χ3v) is 3.91. The second-order valence-corrected chi connectivity index (χ2v) is 5.97. The highest BCUT2D eigenvalue weighted by atomic mass is 35.5. The van der Waals surface area contributed by atoms with Crippen molar-refractivity contribution in [3.05, 3.63) is 65.5 Å². The molecular weight excluding hydrogens is 358 g/mol. The first-order chi connectivity index (χ1) is 12.6. The number of aromatic nitrogens is 3. The molecule has 0 saturated carbocycles. The molecule has 0 amide bonds. The van der Waals surface area contributed by atoms with Gasteiger partial charge in [0.15, 0.2) is 6.10 Å². The molecule has 0 aliphatic carbocycles. The van der Waals surface area contributed by atoms with Gasteiger partial charge in [-0.3, -0.25) is 4.98 Å². The van der Waals surface area contributed by atoms with Gasteiger partial charge in [0.25, 0.3) is 5.89 Å². The lowest BCUT2D eigenvalue weighted by Crippen LogP contribution is -2.08. The summed E-state index contributed by atoms with van der Waals surface area (Å²) in [6, 6.07) is 10.2. The van der Waals surface area contributed by atoms with Crippen LogP contribution in [0.1, 0.15) is 29.5 Å². The molecule has 4 aromatic rings. The summed E-state index contributed by atoms with van der Waals surface area (Å²) in [5, 5.41) is 5.15. The lowest BCUT2D eigenvalue weighted by Gasteiger charge is -2.06. The third kappa shape index (κ3) is 3.16. The Morgan fingerprint density at radius 2 is 2.15 bits per heavy atom. The molecule has 3 aromatic heterocycles. The summed E-state index contributed by atoms with van der Waals surface area (Å²) in [6.07, 6.45) is 2.53. The van der Waals surface area contributed by atoms with Crippen molar-refractivity contribution in [1.29, 1.82) is 0 Å². The van der Waals surface area contributed by atoms with Crippen molar-refractivity contribution in [3.63, 3.8) is 0 Å². The number of hydrogen-bond acceptors (Lipinski definition) is 7. The van der Waals surface area contributed by atoms with E-state index in [4.69, 9.17) is 25.3 Å². The molecule has 0 radical (unpaired) electrons. The van der Waals surface area contributed by atoms with Crippen LogP contribution in [0, 0.1) is 0 Å². The van der Waals surface area contributed by atoms with Crippen molar-refractivity contribution in [1.82, 2.24) is 15.1 Å². The van der Waals surface area contributed by atoms with E-state index in [2.05, 4.69) is 15.1 Å². The normalized spacial score (nSPS) is 12.2. The molecule has 0 saturated heterocycles. The smallest absolute Gasteiger partial charge is 0.375 e. The average Bonchev–Trinajstić information content (AvgIpc) is 3.29. The highest BCUT2D eigenvalue weighted by molar-refractivity contribution is 6.31. The highest BCUT2D eigenvalue weighted by Gasteiger charge is 2.22. The minimum absolute atomic E-state index is 0.0705. The molecule has 1 atom stereocenters. The largest absolute Gasteiger partial charge is 0.449 e. The molecule has 3 heterocycles. The van der Waals surface area contributed by atoms with E-state index in [1.807, 2.05) is 0 Å². The van der Waals surface area contributed by atoms with Gasteiger partial charge in [-0.15, -0.1) is 0 Å². The lowest BCUT2D eigenvalue weighted by atomic mass is 10.2. The number of halogens is 1. The van der Waals surface area contributed by atoms with Crippen LogP contribution in [0.2, 0.25) is 5.02 Å². The molecule has 130 valence electrons. The molecule has 0 bridgehead atoms. The van der Waals surface area contributed by atoms with Crippen molar-refractivity contribution in [2.45, 2.75) is 13.0 Å². The van der Waals surface area contributed by atoms with E-state index in [0.717, 1.165) is 0 Å². The Kier molecular flexibility index (Phi) is 4.14. The zero-order valence-corrected chi connectivity index (χ0v) is 14.3. The third-order valence-electron chi connectivity index (χ3n) is 3.67. The maximum Gasteiger partial charge on any atom is 0.375 e. The number of hydrogen-bond donors (Lipinski definition) is 0. The van der Waals surface area contributed by atoms with E-state index >= 15 is 0 Å². The van der Waals surface area contributed by atoms with E-state index in [0.29, 0.717) is 27.4 Å². The van der Waals surface area contributed by atoms with Crippen molar-refractivity contribution in [3.8, 4) is 11.4 Å². The number of pyridine rings is 1. The van der Waals surface area contributed by atoms with Crippen LogP contribution in [0.4, 0.5) is 0 Å². The quantitative estimate of drug-likeness (QED) is 0.491. The molecule has 4 rings (SSSR count). The van der Waals surface area contributed by atoms with Crippen molar-refractivity contribution in [2.75, 3.05) is 0 Å². The van der Waals surface area contributed by atoms with Crippen LogP contribution in [-0.4, -0.2) is 21.1 Å². The van der Waals surface area contributed by atoms with Crippen LogP contribution in [0.3, 0.4) is 0 Å². The van der Waals surface area contributed by atoms with Gasteiger partial charge in [0.2, 0.25) is 11.6 Å². The number of esters is 1. The summed E-state index contributed by atoms with van der Waals surface area (Å²) in [5.74, 6) is -0.0159. The molecule has 0 spiro atoms. The second kappa shape index (κ2) is 6.61. The molecule has 1 unspecified atom stereocenters. The minimum atomic E-state index is -0.739. The van der Waals surface area contributed by atoms with Crippen molar-refractivity contribution in [2.24, 2.45) is 0 Å². The van der Waals surface area contributed by atoms with Gasteiger partial charge in [-0.2, -0.15) is 4.98 Å². The Labute approximate surface area is 152 Å². The number of ether oxygens (including phenoxy) is 1. The Bertz CT molecular complexity index is 1070. The first-order valence-corrected chi connectivity index (χ1v) is 8.12. The maximum atomic E-state index is 12.3. The standard InChI is InChI=1S/C18H12ClN3O4/c1-10(17-21-16(22-26-17)11-3-2-6-20-9-11)24-18(23)15-8-12-7-13(19)4-5-14(12)25-15/h2-10H,1H3. The molecule has 0 fully saturated rings. The Balaban J connectivity index is 1.51. The monoisotopic (exact) mass is 369 g/mol. The predicted octanol–water partition coefficient (Wildman–Crippen LogP) is 4.45. The molecule has 0 N–H and O–H groups in total. The van der Waals surface area contributed by atoms with Gasteiger partial charge in [-0.05, 0) is 43.3 Å². The van der Waals surface area contributed by atoms with Crippen molar-refractivity contribution < 1.29 is 18.5 Å². The number of nitrogens with zero attached hydrogens (tertiary/aromatic N) is 3. The number of furan rings is 1. The zero-order valence-electron chi connectivity index (χ0n) is 13.5. The Morgan fingerprint density at radius 3 is 2.96 bits per heavy atom. The number of fused-ring (bicyclic) bond motifs is 1. The average molecular weight is 370 g/mol. The minimum Gasteiger partial charge on any atom is -0.449 e. The van der Waals surface area contributed by atoms with Crippen LogP contribution < -0.4 is 0 Å². The van der Waals surface area contributed by atoms with Gasteiger partial charge in [0.1, 0.15) is 5.58 Å². The first-order valence-electron chi connectivity index (χ1n) is 7.74. The van der Waals surface area contributed by atoms with Crippen molar-refractivity contribution >= 4 is 28.5 Å². The molecule has 7 nitrogen and oxygen atoms in total. The fraction of sp³-hybridized carbons (Fsp3) is 0.111. The molecule has 0 aliphatic rings. The highest BCUT2D eigenvalue weighted by Crippen LogP contribution is 2.25. The summed E-state index contributed by atoms with van der Waals surface area (Å²) in [6.45, 7) is 1.64. The lowest BCUT2D eigenvalue weighted by molar-refractivity contribution is 0.0233. The van der Waals surface area contributed by atoms with Gasteiger partial charge >= 0.3 is 5.97 Å². The van der Waals surface area contributed by atoms with Crippen LogP contribution in [-0.2, 0) is 4.74 Å². The van der Waals surface area contributed by atoms with Crippen LogP contribution >= 0.6 is 11.6 Å². The van der Waals surface area contributed by atoms with Gasteiger partial charge in [-0.25, -0.2) is 4.79 Å². The van der Waals surface area contributed by atoms with Crippen LogP contribution in [0.15, 0.2) is 57.7 Å². The van der Waals surface area contributed by atoms with Gasteiger partial charge in [0.05, 0.1) is 0 Å². The summed E-state index contributed by atoms with van der Waals surface area (Å²) in [4.78, 5) is 20.6. The molecule has 26 heavy (non-hydrogen) atoms. The SMILES string of the molecule is CC(OC(=O)c1cc2cc(Cl)ccc2o1)c1nc(-c2cccnc2)no1. The summed E-state index contributed by atoms with van der Waals surface area (Å²) < 4.78 is 16.0. The Morgan fingerprint density at radius 1 is 1.27 bits per heavy atom. The van der Waals surface area contributed by atoms with Crippen LogP contribution in [0.5, 0.6) is 0 Å². The topological polar surface area (TPSA) is 91.2 Å².